The van der Waals surface area contributed by atoms with Gasteiger partial charge in [-0.2, -0.15) is 0 Å². The van der Waals surface area contributed by atoms with E-state index in [-0.39, 0.29) is 32.1 Å². The summed E-state index contributed by atoms with van der Waals surface area (Å²) in [5.74, 6) is -4.75. The van der Waals surface area contributed by atoms with E-state index in [1.165, 1.54) is 48.5 Å². The minimum atomic E-state index is -0.974. The molecule has 0 aromatic rings. The van der Waals surface area contributed by atoms with Gasteiger partial charge in [0, 0.05) is 86.5 Å². The van der Waals surface area contributed by atoms with Gasteiger partial charge in [0.2, 0.25) is 0 Å². The maximum absolute atomic E-state index is 12.3. The molecule has 0 aliphatic carbocycles. The lowest BCUT2D eigenvalue weighted by atomic mass is 9.84. The Labute approximate surface area is 271 Å². The van der Waals surface area contributed by atoms with Crippen molar-refractivity contribution >= 4 is 41.8 Å². The summed E-state index contributed by atoms with van der Waals surface area (Å²) in [6.45, 7) is 13.7. The van der Waals surface area contributed by atoms with Crippen molar-refractivity contribution in [3.63, 3.8) is 0 Å². The van der Waals surface area contributed by atoms with Crippen LogP contribution < -0.4 is 0 Å². The summed E-state index contributed by atoms with van der Waals surface area (Å²) < 4.78 is 38.4. The molecule has 0 fully saturated rings. The SMILES string of the molecule is CCCC(C(CC(C)OC(C)=O)OC(C)=O)C(CC(CC(CC(CC(C)OC(C)=O)OC(C)=O)OC(C)=O)OC(C)=O)OC(C)=O. The Hall–Kier alpha value is -3.71. The highest BCUT2D eigenvalue weighted by molar-refractivity contribution is 5.68. The number of carbonyl (C=O) groups excluding carboxylic acids is 7. The average molecular weight is 661 g/mol. The molecule has 0 aliphatic heterocycles. The third-order valence-electron chi connectivity index (χ3n) is 6.65. The van der Waals surface area contributed by atoms with Crippen LogP contribution >= 0.6 is 0 Å². The summed E-state index contributed by atoms with van der Waals surface area (Å²) in [6.07, 6.45) is -4.70. The van der Waals surface area contributed by atoms with Gasteiger partial charge < -0.3 is 33.2 Å². The van der Waals surface area contributed by atoms with Crippen molar-refractivity contribution < 1.29 is 66.7 Å². The Morgan fingerprint density at radius 1 is 0.413 bits per heavy atom. The molecule has 8 unspecified atom stereocenters. The first kappa shape index (κ1) is 42.3. The van der Waals surface area contributed by atoms with Gasteiger partial charge in [-0.05, 0) is 20.3 Å². The normalized spacial score (nSPS) is 16.1. The summed E-state index contributed by atoms with van der Waals surface area (Å²) in [7, 11) is 0. The number of hydrogen-bond donors (Lipinski definition) is 0. The second kappa shape index (κ2) is 21.9. The lowest BCUT2D eigenvalue weighted by Gasteiger charge is -2.36. The molecule has 0 aromatic carbocycles. The maximum Gasteiger partial charge on any atom is 0.302 e. The summed E-state index contributed by atoms with van der Waals surface area (Å²) in [4.78, 5) is 83.6. The molecule has 46 heavy (non-hydrogen) atoms. The monoisotopic (exact) mass is 660 g/mol. The van der Waals surface area contributed by atoms with Crippen molar-refractivity contribution in [2.75, 3.05) is 0 Å². The molecular weight excluding hydrogens is 608 g/mol. The van der Waals surface area contributed by atoms with Crippen LogP contribution in [0.5, 0.6) is 0 Å². The Morgan fingerprint density at radius 3 is 1.07 bits per heavy atom. The van der Waals surface area contributed by atoms with E-state index in [1.807, 2.05) is 6.92 Å². The van der Waals surface area contributed by atoms with Crippen LogP contribution in [-0.2, 0) is 66.7 Å². The Bertz CT molecular complexity index is 1020. The molecule has 8 atom stereocenters. The molecule has 0 N–H and O–H groups in total. The minimum absolute atomic E-state index is 0.0187. The zero-order valence-electron chi connectivity index (χ0n) is 28.8. The summed E-state index contributed by atoms with van der Waals surface area (Å²) in [5.41, 5.74) is 0. The van der Waals surface area contributed by atoms with E-state index in [0.29, 0.717) is 12.8 Å². The van der Waals surface area contributed by atoms with Crippen LogP contribution in [0, 0.1) is 5.92 Å². The van der Waals surface area contributed by atoms with E-state index in [4.69, 9.17) is 33.2 Å². The third kappa shape index (κ3) is 20.3. The zero-order valence-corrected chi connectivity index (χ0v) is 28.8. The van der Waals surface area contributed by atoms with Gasteiger partial charge in [-0.1, -0.05) is 13.3 Å². The fraction of sp³-hybridized carbons (Fsp3) is 0.781. The van der Waals surface area contributed by atoms with E-state index < -0.39 is 90.4 Å². The number of rotatable bonds is 21. The molecular formula is C32H52O14. The first-order chi connectivity index (χ1) is 21.3. The number of esters is 7. The van der Waals surface area contributed by atoms with E-state index in [9.17, 15) is 33.6 Å². The van der Waals surface area contributed by atoms with Crippen molar-refractivity contribution in [3.05, 3.63) is 0 Å². The van der Waals surface area contributed by atoms with Crippen LogP contribution in [-0.4, -0.2) is 84.5 Å². The van der Waals surface area contributed by atoms with Crippen molar-refractivity contribution in [1.29, 1.82) is 0 Å². The van der Waals surface area contributed by atoms with Crippen molar-refractivity contribution in [3.8, 4) is 0 Å². The molecule has 0 saturated heterocycles. The van der Waals surface area contributed by atoms with Crippen molar-refractivity contribution in [2.24, 2.45) is 5.92 Å². The Morgan fingerprint density at radius 2 is 0.717 bits per heavy atom. The van der Waals surface area contributed by atoms with E-state index >= 15 is 0 Å². The predicted molar refractivity (Wildman–Crippen MR) is 162 cm³/mol. The van der Waals surface area contributed by atoms with Gasteiger partial charge in [0.25, 0.3) is 0 Å². The minimum Gasteiger partial charge on any atom is -0.463 e. The van der Waals surface area contributed by atoms with Crippen LogP contribution in [0.25, 0.3) is 0 Å². The first-order valence-electron chi connectivity index (χ1n) is 15.5. The van der Waals surface area contributed by atoms with Gasteiger partial charge >= 0.3 is 41.8 Å². The van der Waals surface area contributed by atoms with Crippen LogP contribution in [0.4, 0.5) is 0 Å². The smallest absolute Gasteiger partial charge is 0.302 e. The summed E-state index contributed by atoms with van der Waals surface area (Å²) in [6, 6.07) is 0. The zero-order chi connectivity index (χ0) is 35.6. The fourth-order valence-corrected chi connectivity index (χ4v) is 5.48. The van der Waals surface area contributed by atoms with E-state index in [0.717, 1.165) is 0 Å². The second-order valence-electron chi connectivity index (χ2n) is 11.5. The van der Waals surface area contributed by atoms with Crippen LogP contribution in [0.3, 0.4) is 0 Å². The van der Waals surface area contributed by atoms with Crippen LogP contribution in [0.2, 0.25) is 0 Å². The maximum atomic E-state index is 12.3. The highest BCUT2D eigenvalue weighted by Crippen LogP contribution is 2.31. The lowest BCUT2D eigenvalue weighted by Crippen LogP contribution is -2.42. The van der Waals surface area contributed by atoms with Crippen molar-refractivity contribution in [2.45, 2.75) is 157 Å². The van der Waals surface area contributed by atoms with Gasteiger partial charge in [-0.15, -0.1) is 0 Å². The largest absolute Gasteiger partial charge is 0.463 e. The number of hydrogen-bond acceptors (Lipinski definition) is 14. The van der Waals surface area contributed by atoms with Crippen LogP contribution in [0.1, 0.15) is 114 Å². The predicted octanol–water partition coefficient (Wildman–Crippen LogP) is 3.91. The standard InChI is InChI=1S/C32H52O14/c1-11-12-30(31(45-25(9)38)14-19(3)41-21(5)34)32(46-26(10)39)17-29(44-24(8)37)16-28(43-23(7)36)15-27(42-22(6)35)13-18(2)40-20(4)33/h18-19,27-32H,11-17H2,1-10H3. The molecule has 0 heterocycles. The Balaban J connectivity index is 6.52. The first-order valence-corrected chi connectivity index (χ1v) is 15.5. The van der Waals surface area contributed by atoms with Gasteiger partial charge in [0.1, 0.15) is 42.7 Å². The van der Waals surface area contributed by atoms with Gasteiger partial charge in [-0.25, -0.2) is 0 Å². The molecule has 0 amide bonds. The highest BCUT2D eigenvalue weighted by atomic mass is 16.6. The number of carbonyl (C=O) groups is 7. The van der Waals surface area contributed by atoms with E-state index in [2.05, 4.69) is 0 Å². The third-order valence-corrected chi connectivity index (χ3v) is 6.65. The average Bonchev–Trinajstić information content (AvgIpc) is 2.83. The van der Waals surface area contributed by atoms with E-state index in [1.54, 1.807) is 13.8 Å². The van der Waals surface area contributed by atoms with Gasteiger partial charge in [-0.3, -0.25) is 33.6 Å². The van der Waals surface area contributed by atoms with Crippen LogP contribution in [0.15, 0.2) is 0 Å². The molecule has 14 heteroatoms. The van der Waals surface area contributed by atoms with Crippen molar-refractivity contribution in [1.82, 2.24) is 0 Å². The fourth-order valence-electron chi connectivity index (χ4n) is 5.48. The Kier molecular flexibility index (Phi) is 20.2. The topological polar surface area (TPSA) is 184 Å². The molecule has 0 radical (unpaired) electrons. The molecule has 0 aliphatic rings. The molecule has 0 aromatic heterocycles. The highest BCUT2D eigenvalue weighted by Gasteiger charge is 2.38. The molecule has 0 saturated carbocycles. The molecule has 0 rings (SSSR count). The van der Waals surface area contributed by atoms with Gasteiger partial charge in [0.05, 0.1) is 0 Å². The second-order valence-corrected chi connectivity index (χ2v) is 11.5. The lowest BCUT2D eigenvalue weighted by molar-refractivity contribution is -0.167. The summed E-state index contributed by atoms with van der Waals surface area (Å²) >= 11 is 0. The molecule has 0 bridgehead atoms. The molecule has 14 nitrogen and oxygen atoms in total. The number of ether oxygens (including phenoxy) is 7. The quantitative estimate of drug-likeness (QED) is 0.127. The molecule has 0 spiro atoms. The summed E-state index contributed by atoms with van der Waals surface area (Å²) in [5, 5.41) is 0. The van der Waals surface area contributed by atoms with Gasteiger partial charge in [0.15, 0.2) is 0 Å². The molecule has 264 valence electrons.